The van der Waals surface area contributed by atoms with Crippen LogP contribution in [-0.4, -0.2) is 32.9 Å². The van der Waals surface area contributed by atoms with E-state index in [2.05, 4.69) is 0 Å². The number of para-hydroxylation sites is 1. The summed E-state index contributed by atoms with van der Waals surface area (Å²) in [5.41, 5.74) is 3.80. The Morgan fingerprint density at radius 3 is 2.67 bits per heavy atom. The fraction of sp³-hybridized carbons (Fsp3) is 0.172. The lowest BCUT2D eigenvalue weighted by Gasteiger charge is -2.25. The molecule has 6 rings (SSSR count). The molecule has 2 aliphatic rings. The minimum atomic E-state index is -0.814. The minimum absolute atomic E-state index is 0.0392. The van der Waals surface area contributed by atoms with Crippen molar-refractivity contribution < 1.29 is 23.8 Å². The lowest BCUT2D eigenvalue weighted by molar-refractivity contribution is -0.140. The normalized spacial score (nSPS) is 18.6. The minimum Gasteiger partial charge on any atom is -0.507 e. The lowest BCUT2D eigenvalue weighted by atomic mass is 9.94. The number of aliphatic hydroxyl groups excluding tert-OH is 1. The third-order valence-corrected chi connectivity index (χ3v) is 6.99. The Kier molecular flexibility index (Phi) is 5.14. The van der Waals surface area contributed by atoms with Crippen LogP contribution in [0.1, 0.15) is 28.3 Å². The molecule has 0 radical (unpaired) electrons. The van der Waals surface area contributed by atoms with Crippen LogP contribution in [0.4, 0.5) is 4.39 Å². The summed E-state index contributed by atoms with van der Waals surface area (Å²) in [5, 5.41) is 12.3. The number of rotatable bonds is 4. The molecule has 36 heavy (non-hydrogen) atoms. The van der Waals surface area contributed by atoms with Crippen molar-refractivity contribution >= 4 is 28.4 Å². The van der Waals surface area contributed by atoms with Crippen molar-refractivity contribution in [3.05, 3.63) is 107 Å². The number of hydrogen-bond donors (Lipinski definition) is 1. The van der Waals surface area contributed by atoms with Gasteiger partial charge in [-0.1, -0.05) is 30.3 Å². The maximum atomic E-state index is 13.5. The molecule has 3 heterocycles. The smallest absolute Gasteiger partial charge is 0.295 e. The van der Waals surface area contributed by atoms with Crippen LogP contribution in [0.2, 0.25) is 0 Å². The first-order valence-electron chi connectivity index (χ1n) is 11.8. The molecule has 1 saturated heterocycles. The molecule has 2 aliphatic heterocycles. The van der Waals surface area contributed by atoms with Crippen molar-refractivity contribution in [3.63, 3.8) is 0 Å². The Hall–Kier alpha value is -4.39. The molecule has 0 bridgehead atoms. The second-order valence-corrected chi connectivity index (χ2v) is 9.19. The van der Waals surface area contributed by atoms with Gasteiger partial charge in [-0.25, -0.2) is 4.39 Å². The third-order valence-electron chi connectivity index (χ3n) is 6.99. The van der Waals surface area contributed by atoms with Gasteiger partial charge < -0.3 is 19.3 Å². The van der Waals surface area contributed by atoms with E-state index in [1.54, 1.807) is 24.3 Å². The average Bonchev–Trinajstić information content (AvgIpc) is 3.56. The van der Waals surface area contributed by atoms with Crippen LogP contribution in [0.25, 0.3) is 16.7 Å². The quantitative estimate of drug-likeness (QED) is 0.256. The summed E-state index contributed by atoms with van der Waals surface area (Å²) in [6.45, 7) is 0.658. The van der Waals surface area contributed by atoms with Crippen molar-refractivity contribution in [2.24, 2.45) is 7.05 Å². The number of carbonyl (C=O) groups is 2. The Morgan fingerprint density at radius 1 is 1.08 bits per heavy atom. The molecule has 0 spiro atoms. The van der Waals surface area contributed by atoms with Crippen LogP contribution in [0, 0.1) is 5.82 Å². The Morgan fingerprint density at radius 2 is 1.86 bits per heavy atom. The molecule has 3 aromatic carbocycles. The fourth-order valence-electron chi connectivity index (χ4n) is 5.23. The number of aliphatic hydroxyl groups is 1. The number of fused-ring (bicyclic) bond motifs is 2. The number of ether oxygens (including phenoxy) is 1. The molecule has 4 aromatic rings. The highest BCUT2D eigenvalue weighted by molar-refractivity contribution is 6.46. The number of benzene rings is 3. The number of halogens is 1. The molecule has 1 N–H and O–H groups in total. The number of nitrogens with zero attached hydrogens (tertiary/aromatic N) is 2. The number of aromatic nitrogens is 1. The molecule has 180 valence electrons. The first kappa shape index (κ1) is 22.1. The third kappa shape index (κ3) is 3.47. The van der Waals surface area contributed by atoms with Gasteiger partial charge in [0.2, 0.25) is 0 Å². The summed E-state index contributed by atoms with van der Waals surface area (Å²) >= 11 is 0. The number of likely N-dealkylation sites (tertiary alicyclic amines) is 1. The highest BCUT2D eigenvalue weighted by atomic mass is 19.1. The van der Waals surface area contributed by atoms with Gasteiger partial charge in [0.15, 0.2) is 0 Å². The van der Waals surface area contributed by atoms with Crippen LogP contribution >= 0.6 is 0 Å². The number of ketones is 1. The van der Waals surface area contributed by atoms with Crippen LogP contribution < -0.4 is 4.74 Å². The monoisotopic (exact) mass is 482 g/mol. The summed E-state index contributed by atoms with van der Waals surface area (Å²) in [7, 11) is 1.90. The lowest BCUT2D eigenvalue weighted by Crippen LogP contribution is -2.29. The van der Waals surface area contributed by atoms with Crippen molar-refractivity contribution in [2.45, 2.75) is 19.0 Å². The van der Waals surface area contributed by atoms with Crippen molar-refractivity contribution in [3.8, 4) is 5.75 Å². The van der Waals surface area contributed by atoms with E-state index in [9.17, 15) is 19.1 Å². The van der Waals surface area contributed by atoms with E-state index < -0.39 is 17.7 Å². The van der Waals surface area contributed by atoms with Gasteiger partial charge in [-0.05, 0) is 47.5 Å². The highest BCUT2D eigenvalue weighted by Crippen LogP contribution is 2.43. The molecular weight excluding hydrogens is 459 g/mol. The van der Waals surface area contributed by atoms with E-state index in [0.29, 0.717) is 24.2 Å². The van der Waals surface area contributed by atoms with Crippen LogP contribution in [0.5, 0.6) is 5.75 Å². The molecule has 0 saturated carbocycles. The van der Waals surface area contributed by atoms with E-state index in [4.69, 9.17) is 4.74 Å². The van der Waals surface area contributed by atoms with E-state index >= 15 is 0 Å². The van der Waals surface area contributed by atoms with Gasteiger partial charge in [0.25, 0.3) is 11.7 Å². The highest BCUT2D eigenvalue weighted by Gasteiger charge is 2.47. The van der Waals surface area contributed by atoms with E-state index in [1.807, 2.05) is 48.1 Å². The largest absolute Gasteiger partial charge is 0.507 e. The molecular formula is C29H23FN2O4. The predicted octanol–water partition coefficient (Wildman–Crippen LogP) is 4.87. The zero-order valence-corrected chi connectivity index (χ0v) is 19.6. The molecule has 1 aromatic heterocycles. The van der Waals surface area contributed by atoms with Crippen molar-refractivity contribution in [1.82, 2.24) is 9.47 Å². The second-order valence-electron chi connectivity index (χ2n) is 9.19. The summed E-state index contributed by atoms with van der Waals surface area (Å²) in [5.74, 6) is -1.30. The van der Waals surface area contributed by atoms with Crippen LogP contribution in [0.15, 0.2) is 78.5 Å². The predicted molar refractivity (Wildman–Crippen MR) is 133 cm³/mol. The second kappa shape index (κ2) is 8.37. The SMILES string of the molecule is Cn1cc(C2/C(=C(\O)c3ccc4c(c3)CCO4)C(=O)C(=O)N2Cc2ccc(F)cc2)c2ccccc21. The number of Topliss-reactive ketones (excluding diaryl/α,β-unsaturated/α-hetero) is 1. The Labute approximate surface area is 206 Å². The topological polar surface area (TPSA) is 71.8 Å². The first-order chi connectivity index (χ1) is 17.4. The maximum Gasteiger partial charge on any atom is 0.295 e. The average molecular weight is 483 g/mol. The molecule has 7 heteroatoms. The molecule has 1 amide bonds. The van der Waals surface area contributed by atoms with E-state index in [1.165, 1.54) is 17.0 Å². The summed E-state index contributed by atoms with van der Waals surface area (Å²) in [6, 6.07) is 18.0. The Balaban J connectivity index is 1.54. The first-order valence-corrected chi connectivity index (χ1v) is 11.8. The number of carbonyl (C=O) groups excluding carboxylic acids is 2. The van der Waals surface area contributed by atoms with Gasteiger partial charge in [-0.2, -0.15) is 0 Å². The van der Waals surface area contributed by atoms with E-state index in [0.717, 1.165) is 27.8 Å². The molecule has 0 aliphatic carbocycles. The van der Waals surface area contributed by atoms with Gasteiger partial charge >= 0.3 is 0 Å². The van der Waals surface area contributed by atoms with Crippen molar-refractivity contribution in [1.29, 1.82) is 0 Å². The molecule has 1 atom stereocenters. The number of amides is 1. The molecule has 6 nitrogen and oxygen atoms in total. The van der Waals surface area contributed by atoms with Crippen molar-refractivity contribution in [2.75, 3.05) is 6.61 Å². The standard InChI is InChI=1S/C29H23FN2O4/c1-31-16-22(21-4-2-3-5-23(21)31)26-25(27(33)19-8-11-24-18(14-19)12-13-36-24)28(34)29(35)32(26)15-17-6-9-20(30)10-7-17/h2-11,14,16,26,33H,12-13,15H2,1H3/b27-25+. The number of aryl methyl sites for hydroxylation is 1. The van der Waals surface area contributed by atoms with Gasteiger partial charge in [-0.3, -0.25) is 9.59 Å². The molecule has 1 unspecified atom stereocenters. The Bertz CT molecular complexity index is 1570. The summed E-state index contributed by atoms with van der Waals surface area (Å²) in [6.07, 6.45) is 2.60. The van der Waals surface area contributed by atoms with Gasteiger partial charge in [0.1, 0.15) is 17.3 Å². The van der Waals surface area contributed by atoms with Crippen LogP contribution in [0.3, 0.4) is 0 Å². The zero-order chi connectivity index (χ0) is 25.0. The van der Waals surface area contributed by atoms with E-state index in [-0.39, 0.29) is 23.7 Å². The van der Waals surface area contributed by atoms with Gasteiger partial charge in [0.05, 0.1) is 18.2 Å². The zero-order valence-electron chi connectivity index (χ0n) is 19.6. The summed E-state index contributed by atoms with van der Waals surface area (Å²) < 4.78 is 21.0. The number of hydrogen-bond acceptors (Lipinski definition) is 4. The van der Waals surface area contributed by atoms with Gasteiger partial charge in [0, 0.05) is 48.2 Å². The van der Waals surface area contributed by atoms with Crippen LogP contribution in [-0.2, 0) is 29.6 Å². The summed E-state index contributed by atoms with van der Waals surface area (Å²) in [4.78, 5) is 28.3. The molecule has 1 fully saturated rings. The fourth-order valence-corrected chi connectivity index (χ4v) is 5.23. The van der Waals surface area contributed by atoms with Gasteiger partial charge in [-0.15, -0.1) is 0 Å². The maximum absolute atomic E-state index is 13.5.